The van der Waals surface area contributed by atoms with E-state index in [0.717, 1.165) is 25.7 Å². The van der Waals surface area contributed by atoms with E-state index in [9.17, 15) is 14.7 Å². The summed E-state index contributed by atoms with van der Waals surface area (Å²) in [5.74, 6) is -0.171. The molecule has 130 valence electrons. The Hall–Kier alpha value is -2.70. The SMILES string of the molecule is O=C(O)[C@@H]1C[C@@H]2CCCC[C@H]2N1C(=O)c1ccc(-n2ccnc2)nc1. The van der Waals surface area contributed by atoms with E-state index in [1.165, 1.54) is 6.20 Å². The molecule has 0 spiro atoms. The number of carboxylic acid groups (broad SMARTS) is 1. The number of imidazole rings is 1. The molecule has 3 heterocycles. The molecular formula is C18H20N4O3. The summed E-state index contributed by atoms with van der Waals surface area (Å²) < 4.78 is 1.75. The number of aromatic nitrogens is 3. The number of carbonyl (C=O) groups excluding carboxylic acids is 1. The first kappa shape index (κ1) is 15.8. The number of carboxylic acids is 1. The van der Waals surface area contributed by atoms with Crippen LogP contribution in [0.3, 0.4) is 0 Å². The van der Waals surface area contributed by atoms with Gasteiger partial charge in [-0.25, -0.2) is 14.8 Å². The lowest BCUT2D eigenvalue weighted by Gasteiger charge is -2.33. The number of aliphatic carboxylic acids is 1. The Bertz CT molecular complexity index is 772. The summed E-state index contributed by atoms with van der Waals surface area (Å²) in [5, 5.41) is 9.58. The first-order valence-corrected chi connectivity index (χ1v) is 8.65. The average Bonchev–Trinajstić information content (AvgIpc) is 3.29. The lowest BCUT2D eigenvalue weighted by atomic mass is 9.84. The Morgan fingerprint density at radius 1 is 1.20 bits per heavy atom. The van der Waals surface area contributed by atoms with E-state index < -0.39 is 12.0 Å². The predicted molar refractivity (Wildman–Crippen MR) is 89.3 cm³/mol. The van der Waals surface area contributed by atoms with Crippen molar-refractivity contribution in [3.8, 4) is 5.82 Å². The molecule has 2 aliphatic rings. The zero-order chi connectivity index (χ0) is 17.4. The van der Waals surface area contributed by atoms with Gasteiger partial charge in [-0.05, 0) is 37.3 Å². The highest BCUT2D eigenvalue weighted by Crippen LogP contribution is 2.40. The van der Waals surface area contributed by atoms with Crippen molar-refractivity contribution in [1.82, 2.24) is 19.4 Å². The van der Waals surface area contributed by atoms with Crippen molar-refractivity contribution < 1.29 is 14.7 Å². The normalized spacial score (nSPS) is 25.6. The van der Waals surface area contributed by atoms with E-state index in [1.807, 2.05) is 0 Å². The van der Waals surface area contributed by atoms with Crippen LogP contribution in [0.2, 0.25) is 0 Å². The van der Waals surface area contributed by atoms with Gasteiger partial charge >= 0.3 is 5.97 Å². The van der Waals surface area contributed by atoms with Crippen molar-refractivity contribution in [2.45, 2.75) is 44.2 Å². The number of carbonyl (C=O) groups is 2. The third-order valence-corrected chi connectivity index (χ3v) is 5.37. The highest BCUT2D eigenvalue weighted by Gasteiger charge is 2.47. The van der Waals surface area contributed by atoms with Gasteiger partial charge in [0.05, 0.1) is 5.56 Å². The molecule has 1 saturated carbocycles. The number of nitrogens with zero attached hydrogens (tertiary/aromatic N) is 4. The van der Waals surface area contributed by atoms with Crippen LogP contribution >= 0.6 is 0 Å². The van der Waals surface area contributed by atoms with Gasteiger partial charge in [0, 0.05) is 24.6 Å². The van der Waals surface area contributed by atoms with Crippen LogP contribution in [0.25, 0.3) is 5.82 Å². The van der Waals surface area contributed by atoms with E-state index in [1.54, 1.807) is 40.3 Å². The Kier molecular flexibility index (Phi) is 3.99. The molecule has 1 amide bonds. The van der Waals surface area contributed by atoms with E-state index in [-0.39, 0.29) is 11.9 Å². The zero-order valence-electron chi connectivity index (χ0n) is 13.8. The van der Waals surface area contributed by atoms with Crippen molar-refractivity contribution in [2.24, 2.45) is 5.92 Å². The summed E-state index contributed by atoms with van der Waals surface area (Å²) in [5.41, 5.74) is 0.432. The van der Waals surface area contributed by atoms with Crippen LogP contribution in [0.4, 0.5) is 0 Å². The molecule has 0 radical (unpaired) electrons. The summed E-state index contributed by atoms with van der Waals surface area (Å²) in [6.45, 7) is 0. The fourth-order valence-corrected chi connectivity index (χ4v) is 4.18. The fraction of sp³-hybridized carbons (Fsp3) is 0.444. The molecule has 2 fully saturated rings. The van der Waals surface area contributed by atoms with Crippen LogP contribution in [-0.2, 0) is 4.79 Å². The van der Waals surface area contributed by atoms with E-state index >= 15 is 0 Å². The first-order valence-electron chi connectivity index (χ1n) is 8.65. The van der Waals surface area contributed by atoms with Gasteiger partial charge in [-0.15, -0.1) is 0 Å². The number of rotatable bonds is 3. The summed E-state index contributed by atoms with van der Waals surface area (Å²) >= 11 is 0. The van der Waals surface area contributed by atoms with Crippen LogP contribution in [0, 0.1) is 5.92 Å². The minimum absolute atomic E-state index is 0.0377. The quantitative estimate of drug-likeness (QED) is 0.924. The fourth-order valence-electron chi connectivity index (χ4n) is 4.18. The first-order chi connectivity index (χ1) is 12.1. The van der Waals surface area contributed by atoms with E-state index in [2.05, 4.69) is 9.97 Å². The lowest BCUT2D eigenvalue weighted by molar-refractivity contribution is -0.141. The second kappa shape index (κ2) is 6.31. The number of amides is 1. The zero-order valence-corrected chi connectivity index (χ0v) is 13.8. The molecular weight excluding hydrogens is 320 g/mol. The van der Waals surface area contributed by atoms with Gasteiger partial charge in [0.25, 0.3) is 5.91 Å². The van der Waals surface area contributed by atoms with Crippen LogP contribution in [0.1, 0.15) is 42.5 Å². The summed E-state index contributed by atoms with van der Waals surface area (Å²) in [6, 6.07) is 2.77. The standard InChI is InChI=1S/C18H20N4O3/c23-17(13-5-6-16(20-10-13)21-8-7-19-11-21)22-14-4-2-1-3-12(14)9-15(22)18(24)25/h5-8,10-12,14-15H,1-4,9H2,(H,24,25)/t12-,14+,15-/m0/s1. The van der Waals surface area contributed by atoms with Gasteiger partial charge in [0.1, 0.15) is 18.2 Å². The molecule has 1 N–H and O–H groups in total. The second-order valence-electron chi connectivity index (χ2n) is 6.79. The third-order valence-electron chi connectivity index (χ3n) is 5.37. The molecule has 4 rings (SSSR count). The molecule has 7 heteroatoms. The molecule has 7 nitrogen and oxygen atoms in total. The monoisotopic (exact) mass is 340 g/mol. The summed E-state index contributed by atoms with van der Waals surface area (Å²) in [6.07, 6.45) is 11.2. The molecule has 3 atom stereocenters. The largest absolute Gasteiger partial charge is 0.480 e. The maximum atomic E-state index is 13.0. The van der Waals surface area contributed by atoms with Crippen LogP contribution < -0.4 is 0 Å². The van der Waals surface area contributed by atoms with Gasteiger partial charge in [-0.3, -0.25) is 9.36 Å². The minimum atomic E-state index is -0.911. The summed E-state index contributed by atoms with van der Waals surface area (Å²) in [4.78, 5) is 34.6. The van der Waals surface area contributed by atoms with Gasteiger partial charge in [-0.1, -0.05) is 12.8 Å². The number of likely N-dealkylation sites (tertiary alicyclic amines) is 1. The van der Waals surface area contributed by atoms with Crippen LogP contribution in [-0.4, -0.2) is 48.5 Å². The highest BCUT2D eigenvalue weighted by molar-refractivity contribution is 5.97. The highest BCUT2D eigenvalue weighted by atomic mass is 16.4. The molecule has 0 unspecified atom stereocenters. The van der Waals surface area contributed by atoms with Crippen molar-refractivity contribution in [2.75, 3.05) is 0 Å². The van der Waals surface area contributed by atoms with Crippen molar-refractivity contribution in [1.29, 1.82) is 0 Å². The van der Waals surface area contributed by atoms with Crippen molar-refractivity contribution in [3.63, 3.8) is 0 Å². The number of hydrogen-bond acceptors (Lipinski definition) is 4. The van der Waals surface area contributed by atoms with Crippen LogP contribution in [0.15, 0.2) is 37.1 Å². The maximum absolute atomic E-state index is 13.0. The number of hydrogen-bond donors (Lipinski definition) is 1. The Morgan fingerprint density at radius 3 is 2.72 bits per heavy atom. The van der Waals surface area contributed by atoms with E-state index in [4.69, 9.17) is 0 Å². The Balaban J connectivity index is 1.61. The maximum Gasteiger partial charge on any atom is 0.326 e. The van der Waals surface area contributed by atoms with Crippen molar-refractivity contribution >= 4 is 11.9 Å². The lowest BCUT2D eigenvalue weighted by Crippen LogP contribution is -2.46. The smallest absolute Gasteiger partial charge is 0.326 e. The third kappa shape index (κ3) is 2.79. The van der Waals surface area contributed by atoms with Gasteiger partial charge < -0.3 is 10.0 Å². The molecule has 2 aromatic rings. The predicted octanol–water partition coefficient (Wildman–Crippen LogP) is 2.13. The Morgan fingerprint density at radius 2 is 2.04 bits per heavy atom. The molecule has 2 aromatic heterocycles. The van der Waals surface area contributed by atoms with E-state index in [0.29, 0.717) is 23.7 Å². The molecule has 1 aliphatic carbocycles. The number of pyridine rings is 1. The molecule has 0 aromatic carbocycles. The van der Waals surface area contributed by atoms with Crippen molar-refractivity contribution in [3.05, 3.63) is 42.6 Å². The molecule has 1 aliphatic heterocycles. The van der Waals surface area contributed by atoms with Crippen LogP contribution in [0.5, 0.6) is 0 Å². The van der Waals surface area contributed by atoms with Gasteiger partial charge in [-0.2, -0.15) is 0 Å². The summed E-state index contributed by atoms with van der Waals surface area (Å²) in [7, 11) is 0. The molecule has 1 saturated heterocycles. The average molecular weight is 340 g/mol. The van der Waals surface area contributed by atoms with Gasteiger partial charge in [0.15, 0.2) is 0 Å². The number of fused-ring (bicyclic) bond motifs is 1. The molecule has 25 heavy (non-hydrogen) atoms. The Labute approximate surface area is 145 Å². The minimum Gasteiger partial charge on any atom is -0.480 e. The van der Waals surface area contributed by atoms with Gasteiger partial charge in [0.2, 0.25) is 0 Å². The topological polar surface area (TPSA) is 88.3 Å². The second-order valence-corrected chi connectivity index (χ2v) is 6.79. The molecule has 0 bridgehead atoms.